The van der Waals surface area contributed by atoms with Crippen LogP contribution in [0.4, 0.5) is 0 Å². The van der Waals surface area contributed by atoms with Crippen molar-refractivity contribution < 1.29 is 14.7 Å². The highest BCUT2D eigenvalue weighted by Gasteiger charge is 2.18. The van der Waals surface area contributed by atoms with E-state index in [-0.39, 0.29) is 18.0 Å². The van der Waals surface area contributed by atoms with Crippen LogP contribution < -0.4 is 0 Å². The van der Waals surface area contributed by atoms with Crippen molar-refractivity contribution in [2.45, 2.75) is 26.3 Å². The molecule has 1 aromatic carbocycles. The van der Waals surface area contributed by atoms with E-state index in [0.29, 0.717) is 19.5 Å². The first-order chi connectivity index (χ1) is 11.1. The Bertz CT molecular complexity index is 657. The van der Waals surface area contributed by atoms with Gasteiger partial charge in [0.25, 0.3) is 5.91 Å². The number of nitrogens with zero attached hydrogens (tertiary/aromatic N) is 3. The maximum absolute atomic E-state index is 12.6. The molecule has 120 valence electrons. The summed E-state index contributed by atoms with van der Waals surface area (Å²) in [4.78, 5) is 33.1. The van der Waals surface area contributed by atoms with Gasteiger partial charge in [0.1, 0.15) is 5.69 Å². The molecule has 2 aromatic rings. The molecule has 0 saturated carbocycles. The highest BCUT2D eigenvalue weighted by Crippen LogP contribution is 2.10. The van der Waals surface area contributed by atoms with Crippen LogP contribution in [-0.2, 0) is 11.3 Å². The molecular formula is C17H19N3O3. The van der Waals surface area contributed by atoms with Gasteiger partial charge < -0.3 is 10.0 Å². The van der Waals surface area contributed by atoms with Crippen molar-refractivity contribution in [3.63, 3.8) is 0 Å². The summed E-state index contributed by atoms with van der Waals surface area (Å²) in [6.07, 6.45) is 3.42. The number of aliphatic carboxylic acids is 1. The van der Waals surface area contributed by atoms with Gasteiger partial charge in [0, 0.05) is 25.7 Å². The molecule has 6 heteroatoms. The molecule has 2 rings (SSSR count). The van der Waals surface area contributed by atoms with Gasteiger partial charge in [0.2, 0.25) is 0 Å². The van der Waals surface area contributed by atoms with Crippen LogP contribution in [-0.4, -0.2) is 38.4 Å². The standard InChI is InChI=1S/C17H19N3O3/c1-13-10-19-15(11-18-13)17(23)20(9-5-8-16(21)22)12-14-6-3-2-4-7-14/h2-4,6-7,10-11H,5,8-9,12H2,1H3,(H,21,22). The Balaban J connectivity index is 2.12. The van der Waals surface area contributed by atoms with Gasteiger partial charge in [-0.25, -0.2) is 4.98 Å². The second-order valence-electron chi connectivity index (χ2n) is 5.25. The van der Waals surface area contributed by atoms with E-state index in [4.69, 9.17) is 5.11 Å². The second kappa shape index (κ2) is 8.03. The third kappa shape index (κ3) is 5.18. The number of aromatic nitrogens is 2. The lowest BCUT2D eigenvalue weighted by Crippen LogP contribution is -2.32. The van der Waals surface area contributed by atoms with Crippen LogP contribution in [0.3, 0.4) is 0 Å². The van der Waals surface area contributed by atoms with Crippen molar-refractivity contribution in [2.24, 2.45) is 0 Å². The molecule has 0 aliphatic heterocycles. The van der Waals surface area contributed by atoms with Crippen molar-refractivity contribution in [3.05, 3.63) is 59.7 Å². The fourth-order valence-corrected chi connectivity index (χ4v) is 2.14. The summed E-state index contributed by atoms with van der Waals surface area (Å²) < 4.78 is 0. The van der Waals surface area contributed by atoms with Crippen molar-refractivity contribution >= 4 is 11.9 Å². The van der Waals surface area contributed by atoms with E-state index < -0.39 is 5.97 Å². The number of hydrogen-bond donors (Lipinski definition) is 1. The molecule has 0 aliphatic carbocycles. The van der Waals surface area contributed by atoms with Gasteiger partial charge >= 0.3 is 5.97 Å². The van der Waals surface area contributed by atoms with Gasteiger partial charge in [-0.05, 0) is 18.9 Å². The third-order valence-electron chi connectivity index (χ3n) is 3.32. The third-order valence-corrected chi connectivity index (χ3v) is 3.32. The lowest BCUT2D eigenvalue weighted by atomic mass is 10.2. The smallest absolute Gasteiger partial charge is 0.303 e. The molecule has 23 heavy (non-hydrogen) atoms. The molecule has 0 bridgehead atoms. The number of aryl methyl sites for hydroxylation is 1. The first kappa shape index (κ1) is 16.6. The normalized spacial score (nSPS) is 10.3. The molecule has 6 nitrogen and oxygen atoms in total. The Kier molecular flexibility index (Phi) is 5.80. The van der Waals surface area contributed by atoms with Crippen LogP contribution in [0.2, 0.25) is 0 Å². The Morgan fingerprint density at radius 2 is 1.87 bits per heavy atom. The fraction of sp³-hybridized carbons (Fsp3) is 0.294. The largest absolute Gasteiger partial charge is 0.481 e. The number of rotatable bonds is 7. The summed E-state index contributed by atoms with van der Waals surface area (Å²) in [7, 11) is 0. The molecule has 0 saturated heterocycles. The van der Waals surface area contributed by atoms with Crippen LogP contribution in [0, 0.1) is 6.92 Å². The monoisotopic (exact) mass is 313 g/mol. The Morgan fingerprint density at radius 1 is 1.13 bits per heavy atom. The summed E-state index contributed by atoms with van der Waals surface area (Å²) in [5.41, 5.74) is 1.99. The van der Waals surface area contributed by atoms with Gasteiger partial charge in [-0.1, -0.05) is 30.3 Å². The number of carbonyl (C=O) groups excluding carboxylic acids is 1. The van der Waals surface area contributed by atoms with E-state index in [9.17, 15) is 9.59 Å². The zero-order valence-corrected chi connectivity index (χ0v) is 13.0. The lowest BCUT2D eigenvalue weighted by molar-refractivity contribution is -0.137. The van der Waals surface area contributed by atoms with E-state index in [1.54, 1.807) is 18.0 Å². The number of benzene rings is 1. The van der Waals surface area contributed by atoms with Crippen molar-refractivity contribution in [3.8, 4) is 0 Å². The van der Waals surface area contributed by atoms with Gasteiger partial charge in [0.05, 0.1) is 11.9 Å². The fourth-order valence-electron chi connectivity index (χ4n) is 2.14. The number of carbonyl (C=O) groups is 2. The Labute approximate surface area is 134 Å². The first-order valence-electron chi connectivity index (χ1n) is 7.40. The Morgan fingerprint density at radius 3 is 2.48 bits per heavy atom. The van der Waals surface area contributed by atoms with Crippen LogP contribution >= 0.6 is 0 Å². The minimum absolute atomic E-state index is 0.0259. The first-order valence-corrected chi connectivity index (χ1v) is 7.40. The van der Waals surface area contributed by atoms with Crippen molar-refractivity contribution in [1.29, 1.82) is 0 Å². The van der Waals surface area contributed by atoms with E-state index in [2.05, 4.69) is 9.97 Å². The molecule has 0 radical (unpaired) electrons. The molecule has 1 heterocycles. The maximum Gasteiger partial charge on any atom is 0.303 e. The van der Waals surface area contributed by atoms with E-state index >= 15 is 0 Å². The van der Waals surface area contributed by atoms with Gasteiger partial charge in [-0.3, -0.25) is 14.6 Å². The summed E-state index contributed by atoms with van der Waals surface area (Å²) in [6, 6.07) is 9.57. The predicted molar refractivity (Wildman–Crippen MR) is 84.8 cm³/mol. The molecule has 0 spiro atoms. The number of carboxylic acids is 1. The van der Waals surface area contributed by atoms with Crippen LogP contribution in [0.25, 0.3) is 0 Å². The molecule has 0 unspecified atom stereocenters. The number of carboxylic acid groups (broad SMARTS) is 1. The average molecular weight is 313 g/mol. The van der Waals surface area contributed by atoms with Crippen LogP contribution in [0.15, 0.2) is 42.7 Å². The zero-order chi connectivity index (χ0) is 16.7. The number of amides is 1. The van der Waals surface area contributed by atoms with Gasteiger partial charge in [-0.15, -0.1) is 0 Å². The summed E-state index contributed by atoms with van der Waals surface area (Å²) >= 11 is 0. The summed E-state index contributed by atoms with van der Waals surface area (Å²) in [5.74, 6) is -1.11. The topological polar surface area (TPSA) is 83.4 Å². The van der Waals surface area contributed by atoms with Crippen molar-refractivity contribution in [1.82, 2.24) is 14.9 Å². The van der Waals surface area contributed by atoms with Gasteiger partial charge in [0.15, 0.2) is 0 Å². The SMILES string of the molecule is Cc1cnc(C(=O)N(CCCC(=O)O)Cc2ccccc2)cn1. The van der Waals surface area contributed by atoms with E-state index in [0.717, 1.165) is 11.3 Å². The summed E-state index contributed by atoms with van der Waals surface area (Å²) in [6.45, 7) is 2.57. The van der Waals surface area contributed by atoms with Crippen LogP contribution in [0.5, 0.6) is 0 Å². The van der Waals surface area contributed by atoms with Gasteiger partial charge in [-0.2, -0.15) is 0 Å². The zero-order valence-electron chi connectivity index (χ0n) is 13.0. The van der Waals surface area contributed by atoms with Crippen molar-refractivity contribution in [2.75, 3.05) is 6.54 Å². The lowest BCUT2D eigenvalue weighted by Gasteiger charge is -2.22. The molecule has 0 aliphatic rings. The molecular weight excluding hydrogens is 294 g/mol. The van der Waals surface area contributed by atoms with Crippen LogP contribution in [0.1, 0.15) is 34.6 Å². The molecule has 1 aromatic heterocycles. The predicted octanol–water partition coefficient (Wildman–Crippen LogP) is 2.29. The summed E-state index contributed by atoms with van der Waals surface area (Å²) in [5, 5.41) is 8.78. The molecule has 0 fully saturated rings. The van der Waals surface area contributed by atoms with E-state index in [1.165, 1.54) is 6.20 Å². The molecule has 1 N–H and O–H groups in total. The maximum atomic E-state index is 12.6. The molecule has 0 atom stereocenters. The Hall–Kier alpha value is -2.76. The second-order valence-corrected chi connectivity index (χ2v) is 5.25. The minimum Gasteiger partial charge on any atom is -0.481 e. The quantitative estimate of drug-likeness (QED) is 0.848. The number of hydrogen-bond acceptors (Lipinski definition) is 4. The highest BCUT2D eigenvalue weighted by atomic mass is 16.4. The highest BCUT2D eigenvalue weighted by molar-refractivity contribution is 5.92. The molecule has 1 amide bonds. The minimum atomic E-state index is -0.868. The average Bonchev–Trinajstić information content (AvgIpc) is 2.54. The van der Waals surface area contributed by atoms with E-state index in [1.807, 2.05) is 30.3 Å².